The number of nitrogens with one attached hydrogen (secondary N) is 1. The largest absolute Gasteiger partial charge is 0.486 e. The molecule has 3 aromatic rings. The summed E-state index contributed by atoms with van der Waals surface area (Å²) >= 11 is 1.23. The van der Waals surface area contributed by atoms with Gasteiger partial charge in [0, 0.05) is 17.4 Å². The van der Waals surface area contributed by atoms with Crippen molar-refractivity contribution in [1.29, 1.82) is 0 Å². The van der Waals surface area contributed by atoms with Gasteiger partial charge in [0.2, 0.25) is 5.91 Å². The molecule has 2 heterocycles. The molecule has 1 N–H and O–H groups in total. The lowest BCUT2D eigenvalue weighted by Gasteiger charge is -2.18. The summed E-state index contributed by atoms with van der Waals surface area (Å²) in [5, 5.41) is 4.83. The third-order valence-corrected chi connectivity index (χ3v) is 4.97. The summed E-state index contributed by atoms with van der Waals surface area (Å²) in [7, 11) is 0. The predicted molar refractivity (Wildman–Crippen MR) is 102 cm³/mol. The predicted octanol–water partition coefficient (Wildman–Crippen LogP) is 4.43. The van der Waals surface area contributed by atoms with Gasteiger partial charge in [0.05, 0.1) is 5.69 Å². The second-order valence-electron chi connectivity index (χ2n) is 6.19. The van der Waals surface area contributed by atoms with Crippen molar-refractivity contribution in [3.63, 3.8) is 0 Å². The number of nitrogens with zero attached hydrogens (tertiary/aromatic N) is 1. The Bertz CT molecular complexity index is 1020. The Morgan fingerprint density at radius 1 is 1.07 bits per heavy atom. The van der Waals surface area contributed by atoms with Crippen molar-refractivity contribution in [3.05, 3.63) is 59.0 Å². The molecule has 8 heteroatoms. The summed E-state index contributed by atoms with van der Waals surface area (Å²) in [6.45, 7) is 1.05. The molecule has 28 heavy (non-hydrogen) atoms. The molecular weight excluding hydrogens is 386 g/mol. The lowest BCUT2D eigenvalue weighted by atomic mass is 10.1. The highest BCUT2D eigenvalue weighted by molar-refractivity contribution is 7.14. The van der Waals surface area contributed by atoms with E-state index in [1.165, 1.54) is 17.4 Å². The number of halogens is 2. The molecule has 0 saturated carbocycles. The summed E-state index contributed by atoms with van der Waals surface area (Å²) < 4.78 is 37.4. The van der Waals surface area contributed by atoms with Crippen molar-refractivity contribution in [2.75, 3.05) is 18.5 Å². The van der Waals surface area contributed by atoms with Crippen LogP contribution in [0.4, 0.5) is 13.9 Å². The van der Waals surface area contributed by atoms with E-state index >= 15 is 0 Å². The SMILES string of the molecule is O=C(CCc1ccc2c(c1)OCCO2)Nc1nc(-c2ccc(F)c(F)c2)cs1. The van der Waals surface area contributed by atoms with Crippen molar-refractivity contribution in [2.24, 2.45) is 0 Å². The molecule has 1 aromatic heterocycles. The number of hydrogen-bond donors (Lipinski definition) is 1. The van der Waals surface area contributed by atoms with Gasteiger partial charge in [0.1, 0.15) is 13.2 Å². The number of hydrogen-bond acceptors (Lipinski definition) is 5. The van der Waals surface area contributed by atoms with Crippen LogP contribution in [0.2, 0.25) is 0 Å². The number of anilines is 1. The number of amides is 1. The summed E-state index contributed by atoms with van der Waals surface area (Å²) in [6.07, 6.45) is 0.823. The molecule has 1 amide bonds. The van der Waals surface area contributed by atoms with Crippen LogP contribution in [-0.4, -0.2) is 24.1 Å². The van der Waals surface area contributed by atoms with E-state index < -0.39 is 11.6 Å². The van der Waals surface area contributed by atoms with Gasteiger partial charge in [0.25, 0.3) is 0 Å². The molecule has 4 rings (SSSR count). The van der Waals surface area contributed by atoms with Crippen molar-refractivity contribution in [2.45, 2.75) is 12.8 Å². The maximum atomic E-state index is 13.4. The van der Waals surface area contributed by atoms with Gasteiger partial charge >= 0.3 is 0 Å². The third-order valence-electron chi connectivity index (χ3n) is 4.21. The molecule has 2 aromatic carbocycles. The summed E-state index contributed by atoms with van der Waals surface area (Å²) in [5.41, 5.74) is 1.90. The lowest BCUT2D eigenvalue weighted by molar-refractivity contribution is -0.116. The minimum atomic E-state index is -0.935. The Balaban J connectivity index is 1.35. The second-order valence-corrected chi connectivity index (χ2v) is 7.05. The third kappa shape index (κ3) is 4.12. The van der Waals surface area contributed by atoms with Crippen molar-refractivity contribution in [3.8, 4) is 22.8 Å². The summed E-state index contributed by atoms with van der Waals surface area (Å²) in [5.74, 6) is -0.615. The molecule has 144 valence electrons. The second kappa shape index (κ2) is 7.93. The number of aromatic nitrogens is 1. The summed E-state index contributed by atoms with van der Waals surface area (Å²) in [4.78, 5) is 16.5. The zero-order valence-electron chi connectivity index (χ0n) is 14.7. The van der Waals surface area contributed by atoms with E-state index in [4.69, 9.17) is 9.47 Å². The molecule has 0 spiro atoms. The minimum absolute atomic E-state index is 0.180. The highest BCUT2D eigenvalue weighted by atomic mass is 32.1. The maximum Gasteiger partial charge on any atom is 0.226 e. The van der Waals surface area contributed by atoms with E-state index in [0.717, 1.165) is 17.7 Å². The van der Waals surface area contributed by atoms with E-state index in [1.54, 1.807) is 5.38 Å². The molecule has 0 radical (unpaired) electrons. The van der Waals surface area contributed by atoms with Crippen LogP contribution in [0.1, 0.15) is 12.0 Å². The fraction of sp³-hybridized carbons (Fsp3) is 0.200. The number of fused-ring (bicyclic) bond motifs is 1. The van der Waals surface area contributed by atoms with Gasteiger partial charge in [-0.25, -0.2) is 13.8 Å². The lowest BCUT2D eigenvalue weighted by Crippen LogP contribution is -2.15. The Morgan fingerprint density at radius 3 is 2.71 bits per heavy atom. The van der Waals surface area contributed by atoms with Crippen molar-refractivity contribution in [1.82, 2.24) is 4.98 Å². The van der Waals surface area contributed by atoms with Crippen molar-refractivity contribution < 1.29 is 23.0 Å². The molecule has 0 aliphatic carbocycles. The van der Waals surface area contributed by atoms with Gasteiger partial charge in [-0.2, -0.15) is 0 Å². The maximum absolute atomic E-state index is 13.4. The number of benzene rings is 2. The van der Waals surface area contributed by atoms with Crippen LogP contribution in [0.25, 0.3) is 11.3 Å². The highest BCUT2D eigenvalue weighted by Gasteiger charge is 2.13. The number of carbonyl (C=O) groups excluding carboxylic acids is 1. The fourth-order valence-corrected chi connectivity index (χ4v) is 3.54. The summed E-state index contributed by atoms with van der Waals surface area (Å²) in [6, 6.07) is 9.21. The van der Waals surface area contributed by atoms with E-state index in [-0.39, 0.29) is 12.3 Å². The highest BCUT2D eigenvalue weighted by Crippen LogP contribution is 2.31. The van der Waals surface area contributed by atoms with Gasteiger partial charge in [0.15, 0.2) is 28.3 Å². The first kappa shape index (κ1) is 18.4. The van der Waals surface area contributed by atoms with Gasteiger partial charge in [-0.15, -0.1) is 11.3 Å². The van der Waals surface area contributed by atoms with Gasteiger partial charge in [-0.1, -0.05) is 6.07 Å². The van der Waals surface area contributed by atoms with Gasteiger partial charge in [-0.05, 0) is 42.3 Å². The average Bonchev–Trinajstić information content (AvgIpc) is 3.16. The standard InChI is InChI=1S/C20H16F2N2O3S/c21-14-4-3-13(10-15(14)22)16-11-28-20(23-16)24-19(25)6-2-12-1-5-17-18(9-12)27-8-7-26-17/h1,3-5,9-11H,2,6-8H2,(H,23,24,25). The Kier molecular flexibility index (Phi) is 5.21. The number of ether oxygens (including phenoxy) is 2. The monoisotopic (exact) mass is 402 g/mol. The molecule has 0 unspecified atom stereocenters. The van der Waals surface area contributed by atoms with Crippen LogP contribution in [0.5, 0.6) is 11.5 Å². The molecule has 0 bridgehead atoms. The number of thiazole rings is 1. The van der Waals surface area contributed by atoms with E-state index in [0.29, 0.717) is 47.5 Å². The molecule has 0 saturated heterocycles. The zero-order valence-corrected chi connectivity index (χ0v) is 15.5. The van der Waals surface area contributed by atoms with Gasteiger partial charge in [-0.3, -0.25) is 4.79 Å². The molecule has 0 atom stereocenters. The minimum Gasteiger partial charge on any atom is -0.486 e. The van der Waals surface area contributed by atoms with E-state index in [1.807, 2.05) is 18.2 Å². The normalized spacial score (nSPS) is 12.6. The molecule has 1 aliphatic rings. The van der Waals surface area contributed by atoms with Crippen LogP contribution < -0.4 is 14.8 Å². The van der Waals surface area contributed by atoms with Crippen LogP contribution in [0, 0.1) is 11.6 Å². The Labute approximate surface area is 163 Å². The molecule has 1 aliphatic heterocycles. The number of rotatable bonds is 5. The number of carbonyl (C=O) groups is 1. The first-order valence-corrected chi connectivity index (χ1v) is 9.56. The molecule has 5 nitrogen and oxygen atoms in total. The first-order chi connectivity index (χ1) is 13.6. The van der Waals surface area contributed by atoms with Crippen LogP contribution >= 0.6 is 11.3 Å². The Morgan fingerprint density at radius 2 is 1.89 bits per heavy atom. The van der Waals surface area contributed by atoms with Crippen LogP contribution in [0.15, 0.2) is 41.8 Å². The van der Waals surface area contributed by atoms with E-state index in [2.05, 4.69) is 10.3 Å². The van der Waals surface area contributed by atoms with Crippen LogP contribution in [-0.2, 0) is 11.2 Å². The fourth-order valence-electron chi connectivity index (χ4n) is 2.80. The van der Waals surface area contributed by atoms with Crippen LogP contribution in [0.3, 0.4) is 0 Å². The quantitative estimate of drug-likeness (QED) is 0.686. The average molecular weight is 402 g/mol. The van der Waals surface area contributed by atoms with Crippen molar-refractivity contribution >= 4 is 22.4 Å². The molecular formula is C20H16F2N2O3S. The Hall–Kier alpha value is -3.00. The van der Waals surface area contributed by atoms with Gasteiger partial charge < -0.3 is 14.8 Å². The smallest absolute Gasteiger partial charge is 0.226 e. The van der Waals surface area contributed by atoms with E-state index in [9.17, 15) is 13.6 Å². The topological polar surface area (TPSA) is 60.5 Å². The molecule has 0 fully saturated rings. The zero-order chi connectivity index (χ0) is 19.5. The first-order valence-electron chi connectivity index (χ1n) is 8.68. The number of aryl methyl sites for hydroxylation is 1.